The van der Waals surface area contributed by atoms with Crippen LogP contribution in [0, 0.1) is 11.3 Å². The molecule has 2 unspecified atom stereocenters. The Labute approximate surface area is 199 Å². The number of aliphatic hydroxyl groups excluding tert-OH is 1. The van der Waals surface area contributed by atoms with Gasteiger partial charge < -0.3 is 24.4 Å². The molecule has 1 N–H and O–H groups in total. The lowest BCUT2D eigenvalue weighted by Gasteiger charge is -2.44. The van der Waals surface area contributed by atoms with E-state index in [1.807, 2.05) is 43.3 Å². The summed E-state index contributed by atoms with van der Waals surface area (Å²) < 4.78 is 10.3. The topological polar surface area (TPSA) is 96.4 Å². The van der Waals surface area contributed by atoms with Gasteiger partial charge in [-0.3, -0.25) is 9.59 Å². The summed E-state index contributed by atoms with van der Waals surface area (Å²) in [6, 6.07) is 7.10. The van der Waals surface area contributed by atoms with Crippen LogP contribution in [0.25, 0.3) is 5.57 Å². The molecule has 2 heterocycles. The first kappa shape index (κ1) is 24.9. The van der Waals surface area contributed by atoms with Crippen molar-refractivity contribution in [3.63, 3.8) is 0 Å². The summed E-state index contributed by atoms with van der Waals surface area (Å²) in [5.74, 6) is -2.16. The number of benzene rings is 1. The number of fused-ring (bicyclic) bond motifs is 1. The van der Waals surface area contributed by atoms with E-state index in [0.717, 1.165) is 11.1 Å². The summed E-state index contributed by atoms with van der Waals surface area (Å²) in [6.45, 7) is 6.10. The van der Waals surface area contributed by atoms with Crippen LogP contribution in [0.1, 0.15) is 45.2 Å². The molecule has 9 heteroatoms. The summed E-state index contributed by atoms with van der Waals surface area (Å²) in [7, 11) is 3.73. The molecule has 1 aromatic rings. The van der Waals surface area contributed by atoms with Gasteiger partial charge in [-0.1, -0.05) is 36.5 Å². The summed E-state index contributed by atoms with van der Waals surface area (Å²) in [4.78, 5) is 41.6. The predicted molar refractivity (Wildman–Crippen MR) is 126 cm³/mol. The minimum Gasteiger partial charge on any atom is -0.427 e. The Hall–Kier alpha value is -2.78. The first-order valence-corrected chi connectivity index (χ1v) is 11.2. The van der Waals surface area contributed by atoms with Crippen molar-refractivity contribution in [3.8, 4) is 0 Å². The largest absolute Gasteiger partial charge is 0.427 e. The molecule has 0 aromatic heterocycles. The molecule has 3 atom stereocenters. The smallest absolute Gasteiger partial charge is 0.358 e. The number of β-lactam (4-membered cyclic amide) rings is 1. The van der Waals surface area contributed by atoms with Crippen LogP contribution >= 0.6 is 12.2 Å². The van der Waals surface area contributed by atoms with Crippen LogP contribution < -0.4 is 0 Å². The molecule has 0 saturated carbocycles. The van der Waals surface area contributed by atoms with E-state index in [1.165, 1.54) is 4.90 Å². The Morgan fingerprint density at radius 2 is 1.82 bits per heavy atom. The average molecular weight is 475 g/mol. The van der Waals surface area contributed by atoms with E-state index in [2.05, 4.69) is 0 Å². The number of carbonyl (C=O) groups is 3. The van der Waals surface area contributed by atoms with Crippen LogP contribution in [0.4, 0.5) is 0 Å². The number of amides is 1. The molecule has 0 bridgehead atoms. The molecule has 0 radical (unpaired) electrons. The molecule has 1 fully saturated rings. The van der Waals surface area contributed by atoms with Gasteiger partial charge in [0.25, 0.3) is 0 Å². The van der Waals surface area contributed by atoms with Crippen molar-refractivity contribution in [1.29, 1.82) is 0 Å². The zero-order valence-corrected chi connectivity index (χ0v) is 20.6. The summed E-state index contributed by atoms with van der Waals surface area (Å²) >= 11 is 5.41. The zero-order valence-electron chi connectivity index (χ0n) is 19.7. The van der Waals surface area contributed by atoms with Crippen LogP contribution in [0.15, 0.2) is 30.0 Å². The van der Waals surface area contributed by atoms with Gasteiger partial charge in [0.05, 0.1) is 23.5 Å². The summed E-state index contributed by atoms with van der Waals surface area (Å²) in [5.41, 5.74) is 1.65. The third-order valence-corrected chi connectivity index (χ3v) is 6.40. The fourth-order valence-corrected chi connectivity index (χ4v) is 4.15. The van der Waals surface area contributed by atoms with Crippen molar-refractivity contribution in [2.24, 2.45) is 11.3 Å². The van der Waals surface area contributed by atoms with E-state index in [9.17, 15) is 19.5 Å². The van der Waals surface area contributed by atoms with Gasteiger partial charge in [0, 0.05) is 19.7 Å². The molecule has 0 aliphatic carbocycles. The first-order chi connectivity index (χ1) is 15.3. The number of aliphatic hydroxyl groups is 1. The lowest BCUT2D eigenvalue weighted by atomic mass is 9.82. The van der Waals surface area contributed by atoms with Crippen molar-refractivity contribution in [2.75, 3.05) is 20.9 Å². The summed E-state index contributed by atoms with van der Waals surface area (Å²) in [6.07, 6.45) is -0.423. The van der Waals surface area contributed by atoms with E-state index in [-0.39, 0.29) is 17.6 Å². The molecule has 0 spiro atoms. The Morgan fingerprint density at radius 1 is 1.21 bits per heavy atom. The molecule has 2 aliphatic heterocycles. The van der Waals surface area contributed by atoms with Gasteiger partial charge in [0.2, 0.25) is 12.7 Å². The molecule has 1 amide bonds. The minimum atomic E-state index is -0.831. The lowest BCUT2D eigenvalue weighted by Crippen LogP contribution is -2.61. The van der Waals surface area contributed by atoms with E-state index in [4.69, 9.17) is 21.7 Å². The molecular weight excluding hydrogens is 444 g/mol. The minimum absolute atomic E-state index is 0.122. The third-order valence-electron chi connectivity index (χ3n) is 5.80. The van der Waals surface area contributed by atoms with Crippen LogP contribution in [0.2, 0.25) is 0 Å². The lowest BCUT2D eigenvalue weighted by molar-refractivity contribution is -0.175. The van der Waals surface area contributed by atoms with E-state index < -0.39 is 36.2 Å². The number of thiocarbonyl (C=S) groups is 1. The Balaban J connectivity index is 1.87. The Morgan fingerprint density at radius 3 is 2.33 bits per heavy atom. The maximum atomic E-state index is 13.0. The number of rotatable bonds is 6. The maximum absolute atomic E-state index is 13.0. The number of nitrogens with zero attached hydrogens (tertiary/aromatic N) is 2. The van der Waals surface area contributed by atoms with Crippen molar-refractivity contribution in [2.45, 2.75) is 46.3 Å². The van der Waals surface area contributed by atoms with Crippen molar-refractivity contribution >= 4 is 40.6 Å². The quantitative estimate of drug-likeness (QED) is 0.291. The van der Waals surface area contributed by atoms with Crippen LogP contribution in [0.3, 0.4) is 0 Å². The highest BCUT2D eigenvalue weighted by Gasteiger charge is 2.57. The Bertz CT molecular complexity index is 1010. The van der Waals surface area contributed by atoms with Gasteiger partial charge in [-0.25, -0.2) is 4.79 Å². The number of ether oxygens (including phenoxy) is 2. The number of esters is 2. The second kappa shape index (κ2) is 9.23. The molecule has 1 saturated heterocycles. The van der Waals surface area contributed by atoms with Gasteiger partial charge in [-0.2, -0.15) is 0 Å². The van der Waals surface area contributed by atoms with Gasteiger partial charge >= 0.3 is 11.9 Å². The fourth-order valence-electron chi connectivity index (χ4n) is 4.01. The first-order valence-electron chi connectivity index (χ1n) is 10.7. The van der Waals surface area contributed by atoms with Crippen LogP contribution in [0.5, 0.6) is 0 Å². The molecule has 33 heavy (non-hydrogen) atoms. The average Bonchev–Trinajstić information content (AvgIpc) is 3.07. The van der Waals surface area contributed by atoms with E-state index in [0.29, 0.717) is 17.0 Å². The van der Waals surface area contributed by atoms with Gasteiger partial charge in [0.1, 0.15) is 10.7 Å². The predicted octanol–water partition coefficient (Wildman–Crippen LogP) is 2.34. The van der Waals surface area contributed by atoms with E-state index >= 15 is 0 Å². The third kappa shape index (κ3) is 4.79. The highest BCUT2D eigenvalue weighted by Crippen LogP contribution is 2.47. The van der Waals surface area contributed by atoms with Crippen LogP contribution in [-0.4, -0.2) is 70.8 Å². The summed E-state index contributed by atoms with van der Waals surface area (Å²) in [5, 5.41) is 10.0. The molecule has 2 aliphatic rings. The number of hydrogen-bond donors (Lipinski definition) is 1. The van der Waals surface area contributed by atoms with Crippen molar-refractivity contribution < 1.29 is 29.0 Å². The molecule has 178 valence electrons. The number of hydrogen-bond acceptors (Lipinski definition) is 7. The van der Waals surface area contributed by atoms with Crippen LogP contribution in [-0.2, 0) is 23.9 Å². The molecular formula is C24H30N2O6S. The molecule has 8 nitrogen and oxygen atoms in total. The number of carbonyl (C=O) groups excluding carboxylic acids is 3. The zero-order chi connectivity index (χ0) is 24.7. The standard InChI is InChI=1S/C24H30N2O6S/c1-13(27)18-17-11-16(14-7-9-15(10-8-14)21(33)25(5)6)19(26(17)20(18)28)22(29)31-12-32-23(30)24(2,3)4/h7-10,13,17-18,27H,11-12H2,1-6H3/t13-,17?,18?/m1/s1. The second-order valence-corrected chi connectivity index (χ2v) is 9.97. The van der Waals surface area contributed by atoms with Gasteiger partial charge in [-0.05, 0) is 45.3 Å². The maximum Gasteiger partial charge on any atom is 0.358 e. The fraction of sp³-hybridized carbons (Fsp3) is 0.500. The second-order valence-electron chi connectivity index (χ2n) is 9.58. The van der Waals surface area contributed by atoms with E-state index in [1.54, 1.807) is 27.7 Å². The highest BCUT2D eigenvalue weighted by atomic mass is 32.1. The highest BCUT2D eigenvalue weighted by molar-refractivity contribution is 7.80. The molecule has 3 rings (SSSR count). The van der Waals surface area contributed by atoms with Crippen molar-refractivity contribution in [3.05, 3.63) is 41.1 Å². The Kier molecular flexibility index (Phi) is 6.95. The van der Waals surface area contributed by atoms with Gasteiger partial charge in [-0.15, -0.1) is 0 Å². The van der Waals surface area contributed by atoms with Crippen molar-refractivity contribution in [1.82, 2.24) is 9.80 Å². The monoisotopic (exact) mass is 474 g/mol. The SMILES string of the molecule is C[C@@H](O)C1C(=O)N2C(C(=O)OCOC(=O)C(C)(C)C)=C(c3ccc(C(=S)N(C)C)cc3)CC12. The molecule has 1 aromatic carbocycles. The van der Waals surface area contributed by atoms with Gasteiger partial charge in [0.15, 0.2) is 0 Å². The normalized spacial score (nSPS) is 20.7.